The van der Waals surface area contributed by atoms with E-state index in [9.17, 15) is 9.59 Å². The Labute approximate surface area is 239 Å². The van der Waals surface area contributed by atoms with E-state index in [1.54, 1.807) is 18.2 Å². The van der Waals surface area contributed by atoms with Crippen molar-refractivity contribution in [1.29, 1.82) is 0 Å². The number of carbonyl (C=O) groups excluding carboxylic acids is 2. The summed E-state index contributed by atoms with van der Waals surface area (Å²) >= 11 is 1.18. The van der Waals surface area contributed by atoms with Gasteiger partial charge in [-0.25, -0.2) is 4.99 Å². The number of amides is 2. The lowest BCUT2D eigenvalue weighted by Crippen LogP contribution is -2.31. The second kappa shape index (κ2) is 12.3. The lowest BCUT2D eigenvalue weighted by atomic mass is 9.87. The third-order valence-electron chi connectivity index (χ3n) is 6.20. The Hall–Kier alpha value is -4.24. The average Bonchev–Trinajstić information content (AvgIpc) is 3.25. The topological polar surface area (TPSA) is 89.5 Å². The SMILES string of the molecule is COc1cc(NC(=O)CSC2=N/C(=C/c3ccc(C(C)(C)C)cc3)C(=O)N2c2ccccc2)cc(OC)c1OC. The van der Waals surface area contributed by atoms with Gasteiger partial charge in [-0.1, -0.05) is 75.0 Å². The van der Waals surface area contributed by atoms with Crippen LogP contribution in [0.3, 0.4) is 0 Å². The van der Waals surface area contributed by atoms with Gasteiger partial charge in [0.25, 0.3) is 5.91 Å². The third-order valence-corrected chi connectivity index (χ3v) is 7.14. The number of anilines is 2. The fraction of sp³-hybridized carbons (Fsp3) is 0.258. The number of aliphatic imine (C=N–C) groups is 1. The molecule has 0 unspecified atom stereocenters. The Kier molecular flexibility index (Phi) is 8.84. The predicted molar refractivity (Wildman–Crippen MR) is 162 cm³/mol. The first kappa shape index (κ1) is 28.8. The molecule has 1 N–H and O–H groups in total. The first-order valence-electron chi connectivity index (χ1n) is 12.7. The van der Waals surface area contributed by atoms with E-state index in [0.717, 1.165) is 5.56 Å². The zero-order valence-electron chi connectivity index (χ0n) is 23.5. The number of benzene rings is 3. The molecule has 0 spiro atoms. The number of nitrogens with one attached hydrogen (secondary N) is 1. The van der Waals surface area contributed by atoms with Gasteiger partial charge in [0.05, 0.1) is 32.8 Å². The Morgan fingerprint density at radius 2 is 1.57 bits per heavy atom. The molecule has 1 heterocycles. The van der Waals surface area contributed by atoms with Crippen LogP contribution in [0.4, 0.5) is 11.4 Å². The smallest absolute Gasteiger partial charge is 0.283 e. The first-order chi connectivity index (χ1) is 19.1. The molecule has 0 aromatic heterocycles. The summed E-state index contributed by atoms with van der Waals surface area (Å²) in [6, 6.07) is 20.7. The highest BCUT2D eigenvalue weighted by atomic mass is 32.2. The molecule has 40 heavy (non-hydrogen) atoms. The number of methoxy groups -OCH3 is 3. The summed E-state index contributed by atoms with van der Waals surface area (Å²) in [5.74, 6) is 0.783. The number of nitrogens with zero attached hydrogens (tertiary/aromatic N) is 2. The lowest BCUT2D eigenvalue weighted by molar-refractivity contribution is -0.114. The van der Waals surface area contributed by atoms with Gasteiger partial charge in [0, 0.05) is 17.8 Å². The van der Waals surface area contributed by atoms with Gasteiger partial charge in [-0.2, -0.15) is 0 Å². The quantitative estimate of drug-likeness (QED) is 0.334. The average molecular weight is 560 g/mol. The maximum Gasteiger partial charge on any atom is 0.283 e. The molecular weight excluding hydrogens is 526 g/mol. The van der Waals surface area contributed by atoms with Gasteiger partial charge in [0.1, 0.15) is 5.70 Å². The van der Waals surface area contributed by atoms with Crippen molar-refractivity contribution in [3.05, 3.63) is 83.6 Å². The maximum atomic E-state index is 13.5. The molecule has 208 valence electrons. The number of carbonyl (C=O) groups is 2. The zero-order valence-corrected chi connectivity index (χ0v) is 24.3. The second-order valence-electron chi connectivity index (χ2n) is 10.0. The van der Waals surface area contributed by atoms with E-state index in [1.165, 1.54) is 43.6 Å². The van der Waals surface area contributed by atoms with E-state index < -0.39 is 0 Å². The molecule has 9 heteroatoms. The van der Waals surface area contributed by atoms with E-state index in [2.05, 4.69) is 43.2 Å². The number of amidine groups is 1. The Morgan fingerprint density at radius 3 is 2.12 bits per heavy atom. The number of rotatable bonds is 8. The van der Waals surface area contributed by atoms with Crippen LogP contribution in [0.25, 0.3) is 6.08 Å². The Balaban J connectivity index is 1.55. The highest BCUT2D eigenvalue weighted by Crippen LogP contribution is 2.40. The summed E-state index contributed by atoms with van der Waals surface area (Å²) in [4.78, 5) is 32.6. The van der Waals surface area contributed by atoms with Gasteiger partial charge >= 0.3 is 0 Å². The van der Waals surface area contributed by atoms with Crippen molar-refractivity contribution in [2.24, 2.45) is 4.99 Å². The second-order valence-corrected chi connectivity index (χ2v) is 11.0. The van der Waals surface area contributed by atoms with Crippen molar-refractivity contribution in [1.82, 2.24) is 0 Å². The van der Waals surface area contributed by atoms with Crippen molar-refractivity contribution >= 4 is 46.2 Å². The lowest BCUT2D eigenvalue weighted by Gasteiger charge is -2.19. The van der Waals surface area contributed by atoms with Crippen molar-refractivity contribution in [3.8, 4) is 17.2 Å². The van der Waals surface area contributed by atoms with Gasteiger partial charge in [-0.05, 0) is 34.8 Å². The van der Waals surface area contributed by atoms with Crippen LogP contribution in [0, 0.1) is 0 Å². The minimum Gasteiger partial charge on any atom is -0.493 e. The predicted octanol–water partition coefficient (Wildman–Crippen LogP) is 6.13. The van der Waals surface area contributed by atoms with Gasteiger partial charge in [-0.15, -0.1) is 0 Å². The van der Waals surface area contributed by atoms with E-state index >= 15 is 0 Å². The van der Waals surface area contributed by atoms with Crippen LogP contribution < -0.4 is 24.4 Å². The van der Waals surface area contributed by atoms with Gasteiger partial charge in [0.2, 0.25) is 11.7 Å². The number of thioether (sulfide) groups is 1. The van der Waals surface area contributed by atoms with Gasteiger partial charge in [0.15, 0.2) is 16.7 Å². The van der Waals surface area contributed by atoms with Crippen LogP contribution in [0.5, 0.6) is 17.2 Å². The summed E-state index contributed by atoms with van der Waals surface area (Å²) in [7, 11) is 4.54. The van der Waals surface area contributed by atoms with E-state index in [1.807, 2.05) is 42.5 Å². The highest BCUT2D eigenvalue weighted by molar-refractivity contribution is 8.14. The molecule has 3 aromatic carbocycles. The molecule has 0 bridgehead atoms. The molecule has 0 fully saturated rings. The number of para-hydroxylation sites is 1. The summed E-state index contributed by atoms with van der Waals surface area (Å²) in [6.07, 6.45) is 1.77. The molecular formula is C31H33N3O5S. The standard InChI is InChI=1S/C31H33N3O5S/c1-31(2,3)21-14-12-20(13-15-21)16-24-29(36)34(23-10-8-7-9-11-23)30(33-24)40-19-27(35)32-22-17-25(37-4)28(39-6)26(18-22)38-5/h7-18H,19H2,1-6H3,(H,32,35)/b24-16+. The van der Waals surface area contributed by atoms with E-state index in [4.69, 9.17) is 14.2 Å². The first-order valence-corrected chi connectivity index (χ1v) is 13.7. The van der Waals surface area contributed by atoms with Crippen LogP contribution >= 0.6 is 11.8 Å². The molecule has 1 aliphatic heterocycles. The summed E-state index contributed by atoms with van der Waals surface area (Å²) < 4.78 is 16.1. The molecule has 0 aliphatic carbocycles. The third kappa shape index (κ3) is 6.48. The summed E-state index contributed by atoms with van der Waals surface area (Å²) in [5.41, 5.74) is 3.58. The largest absolute Gasteiger partial charge is 0.493 e. The van der Waals surface area contributed by atoms with Crippen LogP contribution in [-0.2, 0) is 15.0 Å². The molecule has 0 saturated heterocycles. The molecule has 0 radical (unpaired) electrons. The summed E-state index contributed by atoms with van der Waals surface area (Å²) in [6.45, 7) is 6.47. The fourth-order valence-corrected chi connectivity index (χ4v) is 4.93. The number of hydrogen-bond donors (Lipinski definition) is 1. The molecule has 3 aromatic rings. The van der Waals surface area contributed by atoms with Crippen molar-refractivity contribution in [3.63, 3.8) is 0 Å². The molecule has 0 atom stereocenters. The van der Waals surface area contributed by atoms with E-state index in [0.29, 0.717) is 39.5 Å². The minimum atomic E-state index is -0.280. The molecule has 0 saturated carbocycles. The molecule has 4 rings (SSSR count). The summed E-state index contributed by atoms with van der Waals surface area (Å²) in [5, 5.41) is 3.28. The van der Waals surface area contributed by atoms with Crippen LogP contribution in [0.1, 0.15) is 31.9 Å². The normalized spacial score (nSPS) is 14.2. The molecule has 1 aliphatic rings. The zero-order chi connectivity index (χ0) is 28.9. The van der Waals surface area contributed by atoms with Crippen LogP contribution in [-0.4, -0.2) is 44.1 Å². The van der Waals surface area contributed by atoms with Gasteiger partial charge < -0.3 is 19.5 Å². The van der Waals surface area contributed by atoms with Crippen molar-refractivity contribution in [2.75, 3.05) is 37.3 Å². The van der Waals surface area contributed by atoms with Crippen molar-refractivity contribution < 1.29 is 23.8 Å². The van der Waals surface area contributed by atoms with Gasteiger partial charge in [-0.3, -0.25) is 14.5 Å². The Bertz CT molecular complexity index is 1420. The highest BCUT2D eigenvalue weighted by Gasteiger charge is 2.32. The number of ether oxygens (including phenoxy) is 3. The molecule has 2 amide bonds. The minimum absolute atomic E-state index is 0.0274. The number of hydrogen-bond acceptors (Lipinski definition) is 7. The van der Waals surface area contributed by atoms with Crippen LogP contribution in [0.2, 0.25) is 0 Å². The maximum absolute atomic E-state index is 13.5. The van der Waals surface area contributed by atoms with Crippen molar-refractivity contribution in [2.45, 2.75) is 26.2 Å². The molecule has 8 nitrogen and oxygen atoms in total. The van der Waals surface area contributed by atoms with E-state index in [-0.39, 0.29) is 23.0 Å². The monoisotopic (exact) mass is 559 g/mol. The fourth-order valence-electron chi connectivity index (χ4n) is 4.12. The Morgan fingerprint density at radius 1 is 0.950 bits per heavy atom. The van der Waals surface area contributed by atoms with Crippen LogP contribution in [0.15, 0.2) is 77.4 Å².